The van der Waals surface area contributed by atoms with Gasteiger partial charge in [0.2, 0.25) is 0 Å². The molecule has 2 aliphatic rings. The van der Waals surface area contributed by atoms with E-state index in [2.05, 4.69) is 15.6 Å². The number of nitrogens with one attached hydrogen (secondary N) is 2. The Morgan fingerprint density at radius 2 is 1.86 bits per heavy atom. The fourth-order valence-corrected chi connectivity index (χ4v) is 3.05. The molecule has 0 aromatic rings. The molecule has 22 heavy (non-hydrogen) atoms. The molecule has 7 heteroatoms. The molecule has 0 bridgehead atoms. The van der Waals surface area contributed by atoms with Crippen LogP contribution in [0, 0.1) is 5.92 Å². The average molecular weight is 321 g/mol. The number of halogens is 3. The van der Waals surface area contributed by atoms with Crippen molar-refractivity contribution in [2.75, 3.05) is 13.1 Å². The Kier molecular flexibility index (Phi) is 5.58. The lowest BCUT2D eigenvalue weighted by molar-refractivity contribution is -0.182. The number of nitrogens with zero attached hydrogens (tertiary/aromatic N) is 1. The first-order chi connectivity index (χ1) is 10.3. The van der Waals surface area contributed by atoms with Gasteiger partial charge in [0, 0.05) is 12.6 Å². The van der Waals surface area contributed by atoms with E-state index in [-0.39, 0.29) is 18.9 Å². The first-order valence-corrected chi connectivity index (χ1v) is 8.16. The van der Waals surface area contributed by atoms with Crippen LogP contribution in [-0.4, -0.2) is 42.0 Å². The van der Waals surface area contributed by atoms with Crippen LogP contribution in [0.5, 0.6) is 0 Å². The maximum Gasteiger partial charge on any atom is 0.391 e. The molecule has 0 unspecified atom stereocenters. The molecule has 0 aromatic heterocycles. The van der Waals surface area contributed by atoms with Gasteiger partial charge in [-0.1, -0.05) is 0 Å². The molecule has 4 nitrogen and oxygen atoms in total. The van der Waals surface area contributed by atoms with Crippen LogP contribution < -0.4 is 10.6 Å². The SMILES string of the molecule is CCNC(=NCC1(O)CCC1)NC1CCC(C(F)(F)F)CC1. The van der Waals surface area contributed by atoms with Gasteiger partial charge in [-0.05, 0) is 51.9 Å². The minimum Gasteiger partial charge on any atom is -0.388 e. The van der Waals surface area contributed by atoms with Gasteiger partial charge in [-0.25, -0.2) is 0 Å². The van der Waals surface area contributed by atoms with Crippen LogP contribution in [0.3, 0.4) is 0 Å². The standard InChI is InChI=1S/C15H26F3N3O/c1-2-19-13(20-10-14(22)8-3-9-14)21-12-6-4-11(5-7-12)15(16,17)18/h11-12,22H,2-10H2,1H3,(H2,19,20,21). The van der Waals surface area contributed by atoms with Crippen molar-refractivity contribution in [2.45, 2.75) is 69.7 Å². The fourth-order valence-electron chi connectivity index (χ4n) is 3.05. The molecule has 2 fully saturated rings. The van der Waals surface area contributed by atoms with Crippen molar-refractivity contribution in [3.05, 3.63) is 0 Å². The highest BCUT2D eigenvalue weighted by Crippen LogP contribution is 2.37. The molecule has 0 aromatic carbocycles. The van der Waals surface area contributed by atoms with Gasteiger partial charge in [0.1, 0.15) is 0 Å². The summed E-state index contributed by atoms with van der Waals surface area (Å²) in [5, 5.41) is 16.4. The molecule has 0 heterocycles. The Bertz CT molecular complexity index is 386. The Hall–Kier alpha value is -0.980. The molecule has 2 saturated carbocycles. The van der Waals surface area contributed by atoms with Crippen molar-refractivity contribution in [1.82, 2.24) is 10.6 Å². The smallest absolute Gasteiger partial charge is 0.388 e. The third-order valence-corrected chi connectivity index (χ3v) is 4.69. The Balaban J connectivity index is 1.82. The quantitative estimate of drug-likeness (QED) is 0.551. The van der Waals surface area contributed by atoms with Gasteiger partial charge in [-0.15, -0.1) is 0 Å². The number of hydrogen-bond donors (Lipinski definition) is 3. The van der Waals surface area contributed by atoms with Crippen LogP contribution in [0.4, 0.5) is 13.2 Å². The zero-order chi connectivity index (χ0) is 16.2. The summed E-state index contributed by atoms with van der Waals surface area (Å²) >= 11 is 0. The molecule has 128 valence electrons. The summed E-state index contributed by atoms with van der Waals surface area (Å²) in [5.74, 6) is -0.570. The van der Waals surface area contributed by atoms with Gasteiger partial charge in [0.15, 0.2) is 5.96 Å². The number of aliphatic imine (C=N–C) groups is 1. The summed E-state index contributed by atoms with van der Waals surface area (Å²) in [6.07, 6.45) is -0.166. The van der Waals surface area contributed by atoms with Crippen molar-refractivity contribution in [2.24, 2.45) is 10.9 Å². The lowest BCUT2D eigenvalue weighted by Gasteiger charge is -2.35. The Labute approximate surface area is 129 Å². The number of guanidine groups is 1. The van der Waals surface area contributed by atoms with Crippen LogP contribution in [0.2, 0.25) is 0 Å². The maximum absolute atomic E-state index is 12.7. The van der Waals surface area contributed by atoms with E-state index < -0.39 is 17.7 Å². The topological polar surface area (TPSA) is 56.7 Å². The summed E-state index contributed by atoms with van der Waals surface area (Å²) < 4.78 is 38.0. The molecule has 0 aliphatic heterocycles. The number of hydrogen-bond acceptors (Lipinski definition) is 2. The van der Waals surface area contributed by atoms with Crippen molar-refractivity contribution < 1.29 is 18.3 Å². The van der Waals surface area contributed by atoms with Crippen LogP contribution in [-0.2, 0) is 0 Å². The van der Waals surface area contributed by atoms with E-state index in [4.69, 9.17) is 0 Å². The van der Waals surface area contributed by atoms with Gasteiger partial charge in [0.25, 0.3) is 0 Å². The lowest BCUT2D eigenvalue weighted by atomic mass is 9.80. The highest BCUT2D eigenvalue weighted by molar-refractivity contribution is 5.80. The van der Waals surface area contributed by atoms with E-state index in [0.717, 1.165) is 19.3 Å². The molecule has 2 rings (SSSR count). The first-order valence-electron chi connectivity index (χ1n) is 8.16. The Morgan fingerprint density at radius 3 is 2.32 bits per heavy atom. The highest BCUT2D eigenvalue weighted by atomic mass is 19.4. The molecule has 0 saturated heterocycles. The van der Waals surface area contributed by atoms with Crippen molar-refractivity contribution in [3.63, 3.8) is 0 Å². The summed E-state index contributed by atoms with van der Waals surface area (Å²) in [7, 11) is 0. The van der Waals surface area contributed by atoms with Crippen molar-refractivity contribution >= 4 is 5.96 Å². The average Bonchev–Trinajstić information content (AvgIpc) is 2.42. The van der Waals surface area contributed by atoms with E-state index in [0.29, 0.717) is 31.9 Å². The molecule has 3 N–H and O–H groups in total. The fraction of sp³-hybridized carbons (Fsp3) is 0.933. The summed E-state index contributed by atoms with van der Waals surface area (Å²) in [6.45, 7) is 2.97. The zero-order valence-electron chi connectivity index (χ0n) is 13.0. The van der Waals surface area contributed by atoms with Crippen LogP contribution in [0.15, 0.2) is 4.99 Å². The largest absolute Gasteiger partial charge is 0.391 e. The van der Waals surface area contributed by atoms with Gasteiger partial charge < -0.3 is 15.7 Å². The predicted octanol–water partition coefficient (Wildman–Crippen LogP) is 2.58. The maximum atomic E-state index is 12.7. The first kappa shape index (κ1) is 17.4. The molecule has 0 spiro atoms. The predicted molar refractivity (Wildman–Crippen MR) is 79.7 cm³/mol. The minimum atomic E-state index is -4.07. The normalized spacial score (nSPS) is 28.9. The molecule has 0 radical (unpaired) electrons. The van der Waals surface area contributed by atoms with Crippen molar-refractivity contribution in [1.29, 1.82) is 0 Å². The van der Waals surface area contributed by atoms with E-state index in [9.17, 15) is 18.3 Å². The van der Waals surface area contributed by atoms with E-state index in [1.165, 1.54) is 0 Å². The van der Waals surface area contributed by atoms with Crippen LogP contribution in [0.1, 0.15) is 51.9 Å². The third-order valence-electron chi connectivity index (χ3n) is 4.69. The molecule has 0 atom stereocenters. The second kappa shape index (κ2) is 7.06. The van der Waals surface area contributed by atoms with E-state index in [1.807, 2.05) is 6.92 Å². The highest BCUT2D eigenvalue weighted by Gasteiger charge is 2.41. The lowest BCUT2D eigenvalue weighted by Crippen LogP contribution is -2.47. The van der Waals surface area contributed by atoms with E-state index in [1.54, 1.807) is 0 Å². The van der Waals surface area contributed by atoms with Gasteiger partial charge in [0.05, 0.1) is 18.1 Å². The van der Waals surface area contributed by atoms with Crippen LogP contribution >= 0.6 is 0 Å². The van der Waals surface area contributed by atoms with Crippen LogP contribution in [0.25, 0.3) is 0 Å². The number of alkyl halides is 3. The summed E-state index contributed by atoms with van der Waals surface area (Å²) in [6, 6.07) is 0.0208. The summed E-state index contributed by atoms with van der Waals surface area (Å²) in [5.41, 5.74) is -0.684. The van der Waals surface area contributed by atoms with E-state index >= 15 is 0 Å². The number of rotatable bonds is 4. The zero-order valence-corrected chi connectivity index (χ0v) is 13.0. The van der Waals surface area contributed by atoms with Crippen molar-refractivity contribution in [3.8, 4) is 0 Å². The third kappa shape index (κ3) is 4.76. The second-order valence-corrected chi connectivity index (χ2v) is 6.51. The summed E-state index contributed by atoms with van der Waals surface area (Å²) in [4.78, 5) is 4.39. The second-order valence-electron chi connectivity index (χ2n) is 6.51. The molecule has 0 amide bonds. The van der Waals surface area contributed by atoms with Gasteiger partial charge in [-0.3, -0.25) is 4.99 Å². The van der Waals surface area contributed by atoms with Gasteiger partial charge >= 0.3 is 6.18 Å². The monoisotopic (exact) mass is 321 g/mol. The molecule has 2 aliphatic carbocycles. The molecular weight excluding hydrogens is 295 g/mol. The Morgan fingerprint density at radius 1 is 1.23 bits per heavy atom. The molecular formula is C15H26F3N3O. The van der Waals surface area contributed by atoms with Gasteiger partial charge in [-0.2, -0.15) is 13.2 Å². The number of aliphatic hydroxyl groups is 1. The minimum absolute atomic E-state index is 0.0208.